The number of nitrogens with two attached hydrogens (primary N) is 1. The van der Waals surface area contributed by atoms with Crippen LogP contribution >= 0.6 is 11.6 Å². The lowest BCUT2D eigenvalue weighted by Crippen LogP contribution is -2.35. The van der Waals surface area contributed by atoms with Crippen LogP contribution in [0.4, 0.5) is 0 Å². The van der Waals surface area contributed by atoms with Crippen molar-refractivity contribution in [1.82, 2.24) is 10.2 Å². The van der Waals surface area contributed by atoms with Crippen molar-refractivity contribution in [3.05, 3.63) is 47.0 Å². The van der Waals surface area contributed by atoms with Gasteiger partial charge in [0.2, 0.25) is 0 Å². The number of aliphatic imine (C=N–C) groups is 1. The van der Waals surface area contributed by atoms with E-state index in [1.54, 1.807) is 0 Å². The Morgan fingerprint density at radius 3 is 2.55 bits per heavy atom. The second-order valence-corrected chi connectivity index (χ2v) is 5.70. The predicted molar refractivity (Wildman–Crippen MR) is 96.4 cm³/mol. The molecule has 0 aliphatic carbocycles. The topological polar surface area (TPSA) is 53.6 Å². The summed E-state index contributed by atoms with van der Waals surface area (Å²) in [5, 5.41) is 3.82. The predicted octanol–water partition coefficient (Wildman–Crippen LogP) is 3.20. The van der Waals surface area contributed by atoms with Gasteiger partial charge < -0.3 is 11.1 Å². The van der Waals surface area contributed by atoms with Gasteiger partial charge in [-0.05, 0) is 31.6 Å². The van der Waals surface area contributed by atoms with Gasteiger partial charge in [0, 0.05) is 11.6 Å². The third kappa shape index (κ3) is 5.70. The summed E-state index contributed by atoms with van der Waals surface area (Å²) in [7, 11) is 0. The summed E-state index contributed by atoms with van der Waals surface area (Å²) in [6.45, 7) is 13.1. The Morgan fingerprint density at radius 2 is 2.00 bits per heavy atom. The molecule has 1 atom stereocenters. The van der Waals surface area contributed by atoms with Gasteiger partial charge >= 0.3 is 0 Å². The zero-order valence-corrected chi connectivity index (χ0v) is 14.5. The molecule has 1 rings (SSSR count). The normalized spacial score (nSPS) is 13.2. The first-order chi connectivity index (χ1) is 10.5. The van der Waals surface area contributed by atoms with Crippen molar-refractivity contribution in [2.45, 2.75) is 26.8 Å². The number of hydrogen-bond donors (Lipinski definition) is 2. The highest BCUT2D eigenvalue weighted by atomic mass is 35.5. The quantitative estimate of drug-likeness (QED) is 0.439. The Morgan fingerprint density at radius 1 is 1.36 bits per heavy atom. The van der Waals surface area contributed by atoms with Crippen molar-refractivity contribution in [2.24, 2.45) is 10.7 Å². The molecular formula is C17H27ClN4. The molecule has 0 saturated heterocycles. The van der Waals surface area contributed by atoms with E-state index in [0.29, 0.717) is 19.0 Å². The maximum Gasteiger partial charge on any atom is 0.188 e. The van der Waals surface area contributed by atoms with Gasteiger partial charge in [0.05, 0.1) is 12.6 Å². The van der Waals surface area contributed by atoms with Gasteiger partial charge in [-0.25, -0.2) is 0 Å². The Balaban J connectivity index is 2.90. The summed E-state index contributed by atoms with van der Waals surface area (Å²) in [6, 6.07) is 8.04. The third-order valence-electron chi connectivity index (χ3n) is 3.52. The molecule has 0 radical (unpaired) electrons. The highest BCUT2D eigenvalue weighted by Gasteiger charge is 2.19. The molecule has 0 amide bonds. The van der Waals surface area contributed by atoms with Crippen molar-refractivity contribution >= 4 is 17.6 Å². The van der Waals surface area contributed by atoms with Crippen molar-refractivity contribution in [1.29, 1.82) is 0 Å². The lowest BCUT2D eigenvalue weighted by atomic mass is 10.1. The molecule has 0 aliphatic rings. The molecule has 3 N–H and O–H groups in total. The van der Waals surface area contributed by atoms with Gasteiger partial charge in [-0.15, -0.1) is 0 Å². The van der Waals surface area contributed by atoms with Crippen LogP contribution in [-0.2, 0) is 0 Å². The average molecular weight is 323 g/mol. The molecule has 0 bridgehead atoms. The van der Waals surface area contributed by atoms with E-state index in [1.807, 2.05) is 25.1 Å². The molecule has 0 spiro atoms. The van der Waals surface area contributed by atoms with Crippen LogP contribution in [0, 0.1) is 0 Å². The van der Waals surface area contributed by atoms with Crippen LogP contribution in [0.25, 0.3) is 0 Å². The number of benzene rings is 1. The highest BCUT2D eigenvalue weighted by molar-refractivity contribution is 6.31. The fourth-order valence-electron chi connectivity index (χ4n) is 2.30. The molecule has 5 heteroatoms. The summed E-state index contributed by atoms with van der Waals surface area (Å²) in [4.78, 5) is 6.80. The molecule has 0 saturated carbocycles. The van der Waals surface area contributed by atoms with Gasteiger partial charge in [0.15, 0.2) is 5.96 Å². The Bertz CT molecular complexity index is 509. The molecule has 1 unspecified atom stereocenters. The molecule has 1 aromatic rings. The second kappa shape index (κ2) is 9.49. The molecule has 1 aromatic carbocycles. The van der Waals surface area contributed by atoms with E-state index in [1.165, 1.54) is 0 Å². The number of rotatable bonds is 8. The van der Waals surface area contributed by atoms with E-state index in [9.17, 15) is 0 Å². The minimum Gasteiger partial charge on any atom is -0.370 e. The minimum atomic E-state index is 0.119. The van der Waals surface area contributed by atoms with Crippen molar-refractivity contribution in [3.63, 3.8) is 0 Å². The number of guanidine groups is 1. The van der Waals surface area contributed by atoms with E-state index in [-0.39, 0.29) is 6.04 Å². The Labute approximate surface area is 139 Å². The standard InChI is InChI=1S/C17H27ClN4/c1-5-22(6-2)16(14-9-7-8-10-15(14)18)12-21-17(19)20-11-13(3)4/h7-10,16H,3,5-6,11-12H2,1-2,4H3,(H3,19,20,21). The van der Waals surface area contributed by atoms with Gasteiger partial charge in [0.1, 0.15) is 0 Å². The average Bonchev–Trinajstić information content (AvgIpc) is 2.50. The minimum absolute atomic E-state index is 0.119. The first-order valence-corrected chi connectivity index (χ1v) is 8.04. The van der Waals surface area contributed by atoms with Crippen LogP contribution in [0.2, 0.25) is 5.02 Å². The summed E-state index contributed by atoms with van der Waals surface area (Å²) in [5.74, 6) is 0.437. The lowest BCUT2D eigenvalue weighted by molar-refractivity contribution is 0.224. The Kier molecular flexibility index (Phi) is 7.99. The number of nitrogens with zero attached hydrogens (tertiary/aromatic N) is 2. The summed E-state index contributed by atoms with van der Waals surface area (Å²) in [6.07, 6.45) is 0. The molecule has 0 aliphatic heterocycles. The SMILES string of the molecule is C=C(C)CNC(N)=NCC(c1ccccc1Cl)N(CC)CC. The number of likely N-dealkylation sites (N-methyl/N-ethyl adjacent to an activating group) is 1. The van der Waals surface area contributed by atoms with E-state index in [0.717, 1.165) is 29.2 Å². The zero-order valence-electron chi connectivity index (χ0n) is 13.8. The van der Waals surface area contributed by atoms with Crippen LogP contribution in [0.3, 0.4) is 0 Å². The molecule has 122 valence electrons. The van der Waals surface area contributed by atoms with E-state index >= 15 is 0 Å². The smallest absolute Gasteiger partial charge is 0.188 e. The molecule has 0 aromatic heterocycles. The lowest BCUT2D eigenvalue weighted by Gasteiger charge is -2.29. The van der Waals surface area contributed by atoms with Crippen molar-refractivity contribution in [2.75, 3.05) is 26.2 Å². The van der Waals surface area contributed by atoms with Gasteiger partial charge in [0.25, 0.3) is 0 Å². The number of halogens is 1. The van der Waals surface area contributed by atoms with Gasteiger partial charge in [-0.2, -0.15) is 0 Å². The van der Waals surface area contributed by atoms with Gasteiger partial charge in [-0.3, -0.25) is 9.89 Å². The van der Waals surface area contributed by atoms with Crippen LogP contribution in [0.5, 0.6) is 0 Å². The molecule has 0 fully saturated rings. The van der Waals surface area contributed by atoms with Crippen LogP contribution in [-0.4, -0.2) is 37.0 Å². The molecule has 4 nitrogen and oxygen atoms in total. The van der Waals surface area contributed by atoms with Crippen LogP contribution < -0.4 is 11.1 Å². The van der Waals surface area contributed by atoms with E-state index < -0.39 is 0 Å². The number of nitrogens with one attached hydrogen (secondary N) is 1. The summed E-state index contributed by atoms with van der Waals surface area (Å²) >= 11 is 6.36. The summed E-state index contributed by atoms with van der Waals surface area (Å²) in [5.41, 5.74) is 8.02. The fourth-order valence-corrected chi connectivity index (χ4v) is 2.56. The monoisotopic (exact) mass is 322 g/mol. The van der Waals surface area contributed by atoms with Crippen molar-refractivity contribution < 1.29 is 0 Å². The second-order valence-electron chi connectivity index (χ2n) is 5.30. The fraction of sp³-hybridized carbons (Fsp3) is 0.471. The molecular weight excluding hydrogens is 296 g/mol. The largest absolute Gasteiger partial charge is 0.370 e. The van der Waals surface area contributed by atoms with E-state index in [2.05, 4.69) is 41.7 Å². The maximum absolute atomic E-state index is 6.36. The zero-order chi connectivity index (χ0) is 16.5. The third-order valence-corrected chi connectivity index (χ3v) is 3.87. The summed E-state index contributed by atoms with van der Waals surface area (Å²) < 4.78 is 0. The number of hydrogen-bond acceptors (Lipinski definition) is 2. The van der Waals surface area contributed by atoms with Gasteiger partial charge in [-0.1, -0.05) is 55.8 Å². The van der Waals surface area contributed by atoms with Crippen LogP contribution in [0.1, 0.15) is 32.4 Å². The van der Waals surface area contributed by atoms with Crippen molar-refractivity contribution in [3.8, 4) is 0 Å². The molecule has 0 heterocycles. The van der Waals surface area contributed by atoms with Crippen LogP contribution in [0.15, 0.2) is 41.4 Å². The first kappa shape index (κ1) is 18.5. The van der Waals surface area contributed by atoms with E-state index in [4.69, 9.17) is 17.3 Å². The Hall–Kier alpha value is -1.52. The maximum atomic E-state index is 6.36. The highest BCUT2D eigenvalue weighted by Crippen LogP contribution is 2.27. The first-order valence-electron chi connectivity index (χ1n) is 7.66. The molecule has 22 heavy (non-hydrogen) atoms.